The first kappa shape index (κ1) is 23.9. The van der Waals surface area contributed by atoms with Gasteiger partial charge in [0.1, 0.15) is 0 Å². The second-order valence-corrected chi connectivity index (χ2v) is 4.97. The minimum atomic E-state index is -1.21. The third-order valence-corrected chi connectivity index (χ3v) is 3.24. The lowest BCUT2D eigenvalue weighted by atomic mass is 10.0. The summed E-state index contributed by atoms with van der Waals surface area (Å²) in [4.78, 5) is 1.47. The van der Waals surface area contributed by atoms with Gasteiger partial charge in [0.25, 0.3) is 0 Å². The van der Waals surface area contributed by atoms with Crippen LogP contribution >= 0.6 is 0 Å². The topological polar surface area (TPSA) is 191 Å². The maximum atomic E-state index is 9.08. The molecule has 0 bridgehead atoms. The van der Waals surface area contributed by atoms with Crippen molar-refractivity contribution in [2.75, 3.05) is 65.9 Å². The van der Waals surface area contributed by atoms with Crippen LogP contribution in [0.15, 0.2) is 0 Å². The molecular weight excluding hydrogens is 300 g/mol. The summed E-state index contributed by atoms with van der Waals surface area (Å²) in [6.45, 7) is -2.46. The Balaban J connectivity index is 0. The largest absolute Gasteiger partial charge is 0.395 e. The van der Waals surface area contributed by atoms with E-state index in [1.165, 1.54) is 4.90 Å². The summed E-state index contributed by atoms with van der Waals surface area (Å²) in [5, 5.41) is 69.7. The van der Waals surface area contributed by atoms with Crippen LogP contribution in [0.4, 0.5) is 0 Å². The zero-order valence-electron chi connectivity index (χ0n) is 12.7. The Morgan fingerprint density at radius 2 is 0.909 bits per heavy atom. The molecule has 0 saturated heterocycles. The fourth-order valence-electron chi connectivity index (χ4n) is 1.43. The maximum Gasteiger partial charge on any atom is 0.0908 e. The van der Waals surface area contributed by atoms with E-state index in [0.717, 1.165) is 0 Å². The molecule has 136 valence electrons. The molecule has 0 unspecified atom stereocenters. The van der Waals surface area contributed by atoms with Crippen LogP contribution in [0.3, 0.4) is 0 Å². The van der Waals surface area contributed by atoms with Crippen molar-refractivity contribution < 1.29 is 40.9 Å². The van der Waals surface area contributed by atoms with Gasteiger partial charge in [0.2, 0.25) is 0 Å². The minimum Gasteiger partial charge on any atom is -0.395 e. The van der Waals surface area contributed by atoms with Crippen molar-refractivity contribution in [3.63, 3.8) is 0 Å². The Labute approximate surface area is 129 Å². The van der Waals surface area contributed by atoms with Crippen molar-refractivity contribution in [3.8, 4) is 0 Å². The maximum absolute atomic E-state index is 9.08. The van der Waals surface area contributed by atoms with E-state index in [2.05, 4.69) is 0 Å². The fraction of sp³-hybridized carbons (Fsp3) is 1.00. The van der Waals surface area contributed by atoms with Crippen molar-refractivity contribution in [2.24, 2.45) is 5.73 Å². The van der Waals surface area contributed by atoms with Gasteiger partial charge < -0.3 is 46.6 Å². The van der Waals surface area contributed by atoms with Gasteiger partial charge in [-0.15, -0.1) is 0 Å². The summed E-state index contributed by atoms with van der Waals surface area (Å²) in [5.74, 6) is 0. The van der Waals surface area contributed by atoms with Gasteiger partial charge in [-0.05, 0) is 0 Å². The lowest BCUT2D eigenvalue weighted by Crippen LogP contribution is -2.58. The summed E-state index contributed by atoms with van der Waals surface area (Å²) in [6.07, 6.45) is 0. The van der Waals surface area contributed by atoms with Gasteiger partial charge in [0.05, 0.1) is 63.9 Å². The number of hydrogen-bond donors (Lipinski definition) is 9. The average Bonchev–Trinajstić information content (AvgIpc) is 2.57. The Morgan fingerprint density at radius 3 is 1.05 bits per heavy atom. The monoisotopic (exact) mass is 330 g/mol. The van der Waals surface area contributed by atoms with Gasteiger partial charge in [0, 0.05) is 13.1 Å². The first-order valence-electron chi connectivity index (χ1n) is 6.80. The third-order valence-electron chi connectivity index (χ3n) is 3.24. The van der Waals surface area contributed by atoms with Gasteiger partial charge in [-0.1, -0.05) is 0 Å². The quantitative estimate of drug-likeness (QED) is 0.177. The van der Waals surface area contributed by atoms with E-state index < -0.39 is 50.7 Å². The second-order valence-electron chi connectivity index (χ2n) is 4.97. The van der Waals surface area contributed by atoms with Crippen molar-refractivity contribution in [1.82, 2.24) is 4.90 Å². The van der Waals surface area contributed by atoms with Gasteiger partial charge in [-0.2, -0.15) is 0 Å². The fourth-order valence-corrected chi connectivity index (χ4v) is 1.43. The van der Waals surface area contributed by atoms with E-state index in [1.807, 2.05) is 0 Å². The summed E-state index contributed by atoms with van der Waals surface area (Å²) in [5.41, 5.74) is 2.76. The molecule has 0 spiro atoms. The molecule has 0 aliphatic carbocycles. The number of aliphatic hydroxyl groups is 8. The molecule has 0 aliphatic heterocycles. The van der Waals surface area contributed by atoms with E-state index >= 15 is 0 Å². The zero-order valence-corrected chi connectivity index (χ0v) is 12.7. The molecule has 22 heavy (non-hydrogen) atoms. The molecule has 0 rings (SSSR count). The number of β-amino-alcohol motifs (C(OH)–C–C–N with tert-alkyl or cyclic N) is 2. The Kier molecular flexibility index (Phi) is 14.2. The normalized spacial score (nSPS) is 12.3. The SMILES string of the molecule is NC(CO)(CO)CO.OCCN(CCO)C(CO)(CO)CO. The average molecular weight is 330 g/mol. The second kappa shape index (κ2) is 13.1. The molecule has 0 radical (unpaired) electrons. The van der Waals surface area contributed by atoms with Crippen molar-refractivity contribution in [1.29, 1.82) is 0 Å². The number of nitrogens with zero attached hydrogens (tertiary/aromatic N) is 1. The van der Waals surface area contributed by atoms with Crippen LogP contribution in [-0.2, 0) is 0 Å². The molecular formula is C12H30N2O8. The van der Waals surface area contributed by atoms with Crippen LogP contribution < -0.4 is 5.73 Å². The van der Waals surface area contributed by atoms with Crippen molar-refractivity contribution in [3.05, 3.63) is 0 Å². The van der Waals surface area contributed by atoms with E-state index in [1.54, 1.807) is 0 Å². The summed E-state index contributed by atoms with van der Waals surface area (Å²) in [6, 6.07) is 0. The zero-order chi connectivity index (χ0) is 17.6. The van der Waals surface area contributed by atoms with Crippen LogP contribution in [0.2, 0.25) is 0 Å². The van der Waals surface area contributed by atoms with Gasteiger partial charge in [-0.25, -0.2) is 0 Å². The predicted molar refractivity (Wildman–Crippen MR) is 77.9 cm³/mol. The Hall–Kier alpha value is -0.400. The summed E-state index contributed by atoms with van der Waals surface area (Å²) in [7, 11) is 0. The Bertz CT molecular complexity index is 227. The molecule has 0 heterocycles. The molecule has 0 aliphatic rings. The molecule has 0 aromatic rings. The molecule has 0 aromatic carbocycles. The molecule has 10 nitrogen and oxygen atoms in total. The predicted octanol–water partition coefficient (Wildman–Crippen LogP) is -5.35. The van der Waals surface area contributed by atoms with Crippen molar-refractivity contribution in [2.45, 2.75) is 11.1 Å². The van der Waals surface area contributed by atoms with E-state index in [-0.39, 0.29) is 26.3 Å². The van der Waals surface area contributed by atoms with Gasteiger partial charge in [-0.3, -0.25) is 4.90 Å². The standard InChI is InChI=1S/C8H19NO5.C4H11NO3/c10-3-1-9(2-4-11)8(5-12,6-13)7-14;5-4(1-6,2-7)3-8/h10-14H,1-7H2;6-8H,1-3,5H2. The Morgan fingerprint density at radius 1 is 0.591 bits per heavy atom. The van der Waals surface area contributed by atoms with Crippen molar-refractivity contribution >= 4 is 0 Å². The van der Waals surface area contributed by atoms with Crippen LogP contribution in [0.25, 0.3) is 0 Å². The highest BCUT2D eigenvalue weighted by molar-refractivity contribution is 4.89. The highest BCUT2D eigenvalue weighted by Gasteiger charge is 2.34. The first-order chi connectivity index (χ1) is 10.4. The molecule has 10 heteroatoms. The number of rotatable bonds is 11. The third kappa shape index (κ3) is 7.74. The van der Waals surface area contributed by atoms with Gasteiger partial charge >= 0.3 is 0 Å². The summed E-state index contributed by atoms with van der Waals surface area (Å²) < 4.78 is 0. The molecule has 0 saturated carbocycles. The molecule has 10 N–H and O–H groups in total. The number of hydrogen-bond acceptors (Lipinski definition) is 10. The molecule has 0 aromatic heterocycles. The van der Waals surface area contributed by atoms with E-state index in [0.29, 0.717) is 0 Å². The van der Waals surface area contributed by atoms with Crippen LogP contribution in [0.1, 0.15) is 0 Å². The van der Waals surface area contributed by atoms with Crippen LogP contribution in [-0.4, -0.2) is 123 Å². The van der Waals surface area contributed by atoms with Crippen LogP contribution in [0.5, 0.6) is 0 Å². The molecule has 0 fully saturated rings. The highest BCUT2D eigenvalue weighted by Crippen LogP contribution is 2.13. The lowest BCUT2D eigenvalue weighted by molar-refractivity contribution is -0.0578. The lowest BCUT2D eigenvalue weighted by Gasteiger charge is -2.39. The first-order valence-corrected chi connectivity index (χ1v) is 6.80. The minimum absolute atomic E-state index is 0.165. The highest BCUT2D eigenvalue weighted by atomic mass is 16.3. The smallest absolute Gasteiger partial charge is 0.0908 e. The number of nitrogens with two attached hydrogens (primary N) is 1. The molecule has 0 amide bonds. The molecule has 0 atom stereocenters. The van der Waals surface area contributed by atoms with Crippen LogP contribution in [0, 0.1) is 0 Å². The van der Waals surface area contributed by atoms with E-state index in [9.17, 15) is 0 Å². The van der Waals surface area contributed by atoms with Gasteiger partial charge in [0.15, 0.2) is 0 Å². The number of aliphatic hydroxyl groups excluding tert-OH is 8. The summed E-state index contributed by atoms with van der Waals surface area (Å²) >= 11 is 0. The van der Waals surface area contributed by atoms with E-state index in [4.69, 9.17) is 46.6 Å².